The molecule has 1 aliphatic rings. The van der Waals surface area contributed by atoms with E-state index >= 15 is 0 Å². The van der Waals surface area contributed by atoms with Gasteiger partial charge >= 0.3 is 0 Å². The second-order valence-corrected chi connectivity index (χ2v) is 7.05. The fourth-order valence-electron chi connectivity index (χ4n) is 2.69. The highest BCUT2D eigenvalue weighted by molar-refractivity contribution is 8.01. The summed E-state index contributed by atoms with van der Waals surface area (Å²) in [6, 6.07) is 6.71. The average molecular weight is 307 g/mol. The van der Waals surface area contributed by atoms with Crippen LogP contribution in [0.25, 0.3) is 0 Å². The summed E-state index contributed by atoms with van der Waals surface area (Å²) in [6.07, 6.45) is 2.25. The number of nitrogens with zero attached hydrogens (tertiary/aromatic N) is 2. The molecule has 1 N–H and O–H groups in total. The Kier molecular flexibility index (Phi) is 4.24. The van der Waals surface area contributed by atoms with Crippen molar-refractivity contribution in [3.05, 3.63) is 34.8 Å². The SMILES string of the molecule is CNC1c2cc(OC)ccc2CCC1Sc1nncs1. The lowest BCUT2D eigenvalue weighted by atomic mass is 9.87. The molecule has 1 heterocycles. The van der Waals surface area contributed by atoms with Crippen molar-refractivity contribution >= 4 is 23.1 Å². The first kappa shape index (κ1) is 13.9. The second-order valence-electron chi connectivity index (χ2n) is 4.73. The molecule has 0 saturated carbocycles. The van der Waals surface area contributed by atoms with Crippen LogP contribution in [0.3, 0.4) is 0 Å². The number of benzene rings is 1. The van der Waals surface area contributed by atoms with E-state index in [1.165, 1.54) is 11.1 Å². The molecule has 1 aromatic heterocycles. The first-order valence-electron chi connectivity index (χ1n) is 6.58. The Balaban J connectivity index is 1.88. The van der Waals surface area contributed by atoms with E-state index in [1.54, 1.807) is 24.0 Å². The van der Waals surface area contributed by atoms with Crippen LogP contribution in [0.1, 0.15) is 23.6 Å². The fourth-order valence-corrected chi connectivity index (χ4v) is 4.70. The van der Waals surface area contributed by atoms with E-state index in [4.69, 9.17) is 4.74 Å². The lowest BCUT2D eigenvalue weighted by Crippen LogP contribution is -2.32. The molecule has 0 radical (unpaired) electrons. The largest absolute Gasteiger partial charge is 0.497 e. The maximum atomic E-state index is 5.36. The highest BCUT2D eigenvalue weighted by atomic mass is 32.2. The first-order chi connectivity index (χ1) is 9.81. The fraction of sp³-hybridized carbons (Fsp3) is 0.429. The summed E-state index contributed by atoms with van der Waals surface area (Å²) in [5, 5.41) is 12.0. The number of hydrogen-bond donors (Lipinski definition) is 1. The Morgan fingerprint density at radius 3 is 3.05 bits per heavy atom. The summed E-state index contributed by atoms with van der Waals surface area (Å²) >= 11 is 3.43. The lowest BCUT2D eigenvalue weighted by Gasteiger charge is -2.32. The van der Waals surface area contributed by atoms with Crippen LogP contribution in [-0.4, -0.2) is 29.6 Å². The molecule has 0 aliphatic heterocycles. The van der Waals surface area contributed by atoms with Gasteiger partial charge in [-0.1, -0.05) is 29.2 Å². The first-order valence-corrected chi connectivity index (χ1v) is 8.34. The number of thioether (sulfide) groups is 1. The minimum atomic E-state index is 0.322. The average Bonchev–Trinajstić information content (AvgIpc) is 2.99. The van der Waals surface area contributed by atoms with Gasteiger partial charge in [0.25, 0.3) is 0 Å². The van der Waals surface area contributed by atoms with Crippen LogP contribution < -0.4 is 10.1 Å². The zero-order valence-corrected chi connectivity index (χ0v) is 13.1. The van der Waals surface area contributed by atoms with Crippen LogP contribution in [0.15, 0.2) is 28.0 Å². The van der Waals surface area contributed by atoms with E-state index in [-0.39, 0.29) is 0 Å². The smallest absolute Gasteiger partial charge is 0.174 e. The molecule has 2 aromatic rings. The number of aryl methyl sites for hydroxylation is 1. The van der Waals surface area contributed by atoms with Crippen molar-refractivity contribution in [1.29, 1.82) is 0 Å². The summed E-state index contributed by atoms with van der Waals surface area (Å²) in [6.45, 7) is 0. The molecule has 6 heteroatoms. The zero-order chi connectivity index (χ0) is 13.9. The Morgan fingerprint density at radius 1 is 1.45 bits per heavy atom. The van der Waals surface area contributed by atoms with Crippen LogP contribution in [0, 0.1) is 0 Å². The lowest BCUT2D eigenvalue weighted by molar-refractivity contribution is 0.411. The van der Waals surface area contributed by atoms with E-state index in [2.05, 4.69) is 27.6 Å². The predicted molar refractivity (Wildman–Crippen MR) is 82.7 cm³/mol. The van der Waals surface area contributed by atoms with Crippen LogP contribution in [-0.2, 0) is 6.42 Å². The van der Waals surface area contributed by atoms with Crippen LogP contribution in [0.4, 0.5) is 0 Å². The van der Waals surface area contributed by atoms with Crippen LogP contribution in [0.5, 0.6) is 5.75 Å². The quantitative estimate of drug-likeness (QED) is 0.941. The Labute approximate surface area is 127 Å². The van der Waals surface area contributed by atoms with Gasteiger partial charge in [0.2, 0.25) is 0 Å². The molecular formula is C14H17N3OS2. The molecule has 3 rings (SSSR count). The van der Waals surface area contributed by atoms with Crippen molar-refractivity contribution in [3.8, 4) is 5.75 Å². The Morgan fingerprint density at radius 2 is 2.35 bits per heavy atom. The molecule has 4 nitrogen and oxygen atoms in total. The van der Waals surface area contributed by atoms with Crippen LogP contribution >= 0.6 is 23.1 Å². The van der Waals surface area contributed by atoms with E-state index < -0.39 is 0 Å². The molecule has 1 aliphatic carbocycles. The standard InChI is InChI=1S/C14H17N3OS2/c1-15-13-11-7-10(18-2)5-3-9(11)4-6-12(13)20-14-17-16-8-19-14/h3,5,7-8,12-13,15H,4,6H2,1-2H3. The van der Waals surface area contributed by atoms with Gasteiger partial charge in [-0.3, -0.25) is 0 Å². The van der Waals surface area contributed by atoms with Crippen molar-refractivity contribution in [2.75, 3.05) is 14.2 Å². The van der Waals surface area contributed by atoms with Crippen molar-refractivity contribution in [2.45, 2.75) is 28.5 Å². The monoisotopic (exact) mass is 307 g/mol. The molecule has 0 amide bonds. The number of methoxy groups -OCH3 is 1. The summed E-state index contributed by atoms with van der Waals surface area (Å²) in [4.78, 5) is 0. The minimum Gasteiger partial charge on any atom is -0.497 e. The summed E-state index contributed by atoms with van der Waals surface area (Å²) in [5.41, 5.74) is 4.55. The Bertz CT molecular complexity index is 574. The molecule has 2 unspecified atom stereocenters. The maximum Gasteiger partial charge on any atom is 0.174 e. The number of ether oxygens (including phenoxy) is 1. The molecule has 20 heavy (non-hydrogen) atoms. The van der Waals surface area contributed by atoms with Gasteiger partial charge in [-0.05, 0) is 43.1 Å². The summed E-state index contributed by atoms with van der Waals surface area (Å²) < 4.78 is 6.40. The summed E-state index contributed by atoms with van der Waals surface area (Å²) in [7, 11) is 3.74. The highest BCUT2D eigenvalue weighted by Gasteiger charge is 2.30. The molecule has 0 spiro atoms. The third kappa shape index (κ3) is 2.68. The predicted octanol–water partition coefficient (Wildman–Crippen LogP) is 2.91. The molecule has 0 fully saturated rings. The second kappa shape index (κ2) is 6.11. The number of rotatable bonds is 4. The third-order valence-electron chi connectivity index (χ3n) is 3.66. The molecule has 106 valence electrons. The van der Waals surface area contributed by atoms with Gasteiger partial charge in [-0.15, -0.1) is 10.2 Å². The normalized spacial score (nSPS) is 21.5. The van der Waals surface area contributed by atoms with E-state index in [9.17, 15) is 0 Å². The van der Waals surface area contributed by atoms with Crippen molar-refractivity contribution < 1.29 is 4.74 Å². The Hall–Kier alpha value is -1.11. The van der Waals surface area contributed by atoms with Gasteiger partial charge < -0.3 is 10.1 Å². The summed E-state index contributed by atoms with van der Waals surface area (Å²) in [5.74, 6) is 0.922. The number of aromatic nitrogens is 2. The van der Waals surface area contributed by atoms with Crippen molar-refractivity contribution in [1.82, 2.24) is 15.5 Å². The van der Waals surface area contributed by atoms with Gasteiger partial charge in [-0.2, -0.15) is 0 Å². The van der Waals surface area contributed by atoms with Gasteiger partial charge in [0.15, 0.2) is 4.34 Å². The van der Waals surface area contributed by atoms with Crippen LogP contribution in [0.2, 0.25) is 0 Å². The van der Waals surface area contributed by atoms with E-state index in [0.717, 1.165) is 22.9 Å². The van der Waals surface area contributed by atoms with Crippen molar-refractivity contribution in [2.24, 2.45) is 0 Å². The minimum absolute atomic E-state index is 0.322. The van der Waals surface area contributed by atoms with Crippen molar-refractivity contribution in [3.63, 3.8) is 0 Å². The van der Waals surface area contributed by atoms with E-state index in [0.29, 0.717) is 11.3 Å². The molecular weight excluding hydrogens is 290 g/mol. The topological polar surface area (TPSA) is 47.0 Å². The number of fused-ring (bicyclic) bond motifs is 1. The highest BCUT2D eigenvalue weighted by Crippen LogP contribution is 2.41. The third-order valence-corrected chi connectivity index (χ3v) is 5.82. The van der Waals surface area contributed by atoms with Gasteiger partial charge in [0.05, 0.1) is 7.11 Å². The van der Waals surface area contributed by atoms with Gasteiger partial charge in [-0.25, -0.2) is 0 Å². The number of nitrogens with one attached hydrogen (secondary N) is 1. The van der Waals surface area contributed by atoms with E-state index in [1.807, 2.05) is 24.9 Å². The molecule has 2 atom stereocenters. The molecule has 0 bridgehead atoms. The number of hydrogen-bond acceptors (Lipinski definition) is 6. The zero-order valence-electron chi connectivity index (χ0n) is 11.5. The maximum absolute atomic E-state index is 5.36. The van der Waals surface area contributed by atoms with Gasteiger partial charge in [0, 0.05) is 11.3 Å². The molecule has 0 saturated heterocycles. The van der Waals surface area contributed by atoms with Gasteiger partial charge in [0.1, 0.15) is 11.3 Å². The molecule has 1 aromatic carbocycles.